The second-order valence-corrected chi connectivity index (χ2v) is 12.6. The number of carbonyl (C=O) groups is 3. The van der Waals surface area contributed by atoms with Crippen LogP contribution in [-0.2, 0) is 0 Å². The molecule has 0 spiro atoms. The Morgan fingerprint density at radius 3 is 1.41 bits per heavy atom. The Kier molecular flexibility index (Phi) is 16.6. The zero-order valence-electron chi connectivity index (χ0n) is 30.0. The quantitative estimate of drug-likeness (QED) is 0.0497. The lowest BCUT2D eigenvalue weighted by atomic mass is 10.1. The van der Waals surface area contributed by atoms with Gasteiger partial charge in [0.15, 0.2) is 0 Å². The van der Waals surface area contributed by atoms with Gasteiger partial charge in [-0.05, 0) is 97.8 Å². The Morgan fingerprint density at radius 2 is 0.902 bits per heavy atom. The van der Waals surface area contributed by atoms with E-state index in [4.69, 9.17) is 18.9 Å². The number of esters is 2. The third-order valence-corrected chi connectivity index (χ3v) is 8.34. The van der Waals surface area contributed by atoms with Crippen molar-refractivity contribution >= 4 is 23.5 Å². The summed E-state index contributed by atoms with van der Waals surface area (Å²) < 4.78 is 22.6. The molecule has 0 unspecified atom stereocenters. The maximum absolute atomic E-state index is 12.9. The number of anilines is 1. The number of ether oxygens (including phenoxy) is 4. The van der Waals surface area contributed by atoms with Crippen LogP contribution in [0.2, 0.25) is 0 Å². The fourth-order valence-electron chi connectivity index (χ4n) is 5.36. The van der Waals surface area contributed by atoms with Gasteiger partial charge in [-0.25, -0.2) is 9.59 Å². The summed E-state index contributed by atoms with van der Waals surface area (Å²) in [6.07, 6.45) is 14.3. The summed E-state index contributed by atoms with van der Waals surface area (Å²) in [5.41, 5.74) is 1.72. The molecule has 4 aromatic rings. The van der Waals surface area contributed by atoms with Crippen LogP contribution in [0.5, 0.6) is 23.0 Å². The van der Waals surface area contributed by atoms with Crippen molar-refractivity contribution in [3.63, 3.8) is 0 Å². The van der Waals surface area contributed by atoms with Crippen molar-refractivity contribution in [3.8, 4) is 23.0 Å². The summed E-state index contributed by atoms with van der Waals surface area (Å²) in [7, 11) is 0. The first-order chi connectivity index (χ1) is 24.9. The zero-order chi connectivity index (χ0) is 36.1. The van der Waals surface area contributed by atoms with Crippen molar-refractivity contribution in [2.45, 2.75) is 90.9 Å². The van der Waals surface area contributed by atoms with Crippen LogP contribution in [-0.4, -0.2) is 31.1 Å². The highest BCUT2D eigenvalue weighted by molar-refractivity contribution is 6.04. The number of carbonyl (C=O) groups excluding carboxylic acids is 3. The smallest absolute Gasteiger partial charge is 0.343 e. The summed E-state index contributed by atoms with van der Waals surface area (Å²) >= 11 is 0. The standard InChI is InChI=1S/C43H51NO7/c1-3-5-7-9-11-13-30-48-37-24-20-34(21-25-37)42(46)51-39-28-22-35(23-29-39)43(47)50-38-26-18-33(19-27-38)41(45)44-36-16-15-17-40(32-36)49-31-14-12-10-8-6-4-2/h15-29,32H,3-14,30-31H2,1-2H3,(H,44,45). The molecule has 0 fully saturated rings. The molecular weight excluding hydrogens is 642 g/mol. The van der Waals surface area contributed by atoms with Gasteiger partial charge in [-0.3, -0.25) is 4.79 Å². The lowest BCUT2D eigenvalue weighted by molar-refractivity contribution is 0.0730. The Balaban J connectivity index is 1.18. The number of benzene rings is 4. The van der Waals surface area contributed by atoms with E-state index >= 15 is 0 Å². The topological polar surface area (TPSA) is 100 Å². The van der Waals surface area contributed by atoms with E-state index in [0.29, 0.717) is 47.3 Å². The van der Waals surface area contributed by atoms with E-state index in [1.54, 1.807) is 48.5 Å². The van der Waals surface area contributed by atoms with Crippen LogP contribution in [0, 0.1) is 0 Å². The van der Waals surface area contributed by atoms with Crippen LogP contribution in [0.4, 0.5) is 5.69 Å². The van der Waals surface area contributed by atoms with Gasteiger partial charge >= 0.3 is 11.9 Å². The fraction of sp³-hybridized carbons (Fsp3) is 0.372. The average Bonchev–Trinajstić information content (AvgIpc) is 3.15. The molecule has 0 aromatic heterocycles. The van der Waals surface area contributed by atoms with Crippen molar-refractivity contribution < 1.29 is 33.3 Å². The number of hydrogen-bond donors (Lipinski definition) is 1. The molecule has 51 heavy (non-hydrogen) atoms. The molecule has 4 aromatic carbocycles. The molecule has 0 saturated carbocycles. The minimum absolute atomic E-state index is 0.280. The van der Waals surface area contributed by atoms with Crippen molar-refractivity contribution in [1.29, 1.82) is 0 Å². The molecule has 1 amide bonds. The molecule has 0 heterocycles. The number of hydrogen-bond acceptors (Lipinski definition) is 7. The van der Waals surface area contributed by atoms with Gasteiger partial charge in [0, 0.05) is 17.3 Å². The van der Waals surface area contributed by atoms with Crippen LogP contribution in [0.15, 0.2) is 97.1 Å². The van der Waals surface area contributed by atoms with Crippen LogP contribution >= 0.6 is 0 Å². The van der Waals surface area contributed by atoms with Crippen molar-refractivity contribution in [3.05, 3.63) is 114 Å². The number of amides is 1. The van der Waals surface area contributed by atoms with Gasteiger partial charge in [0.2, 0.25) is 0 Å². The molecule has 0 bridgehead atoms. The number of unbranched alkanes of at least 4 members (excludes halogenated alkanes) is 10. The Morgan fingerprint density at radius 1 is 0.471 bits per heavy atom. The van der Waals surface area contributed by atoms with E-state index in [1.165, 1.54) is 75.6 Å². The predicted molar refractivity (Wildman–Crippen MR) is 201 cm³/mol. The van der Waals surface area contributed by atoms with Crippen LogP contribution in [0.25, 0.3) is 0 Å². The molecule has 1 N–H and O–H groups in total. The second-order valence-electron chi connectivity index (χ2n) is 12.6. The Labute approximate surface area is 302 Å². The first kappa shape index (κ1) is 38.7. The molecule has 0 atom stereocenters. The maximum Gasteiger partial charge on any atom is 0.343 e. The summed E-state index contributed by atoms with van der Waals surface area (Å²) in [4.78, 5) is 38.3. The monoisotopic (exact) mass is 693 g/mol. The summed E-state index contributed by atoms with van der Waals surface area (Å²) in [5, 5.41) is 2.89. The van der Waals surface area contributed by atoms with Gasteiger partial charge in [-0.15, -0.1) is 0 Å². The minimum Gasteiger partial charge on any atom is -0.494 e. The van der Waals surface area contributed by atoms with E-state index in [-0.39, 0.29) is 17.2 Å². The van der Waals surface area contributed by atoms with E-state index in [2.05, 4.69) is 19.2 Å². The molecular formula is C43H51NO7. The number of rotatable bonds is 22. The SMILES string of the molecule is CCCCCCCCOc1ccc(C(=O)Oc2ccc(C(=O)Oc3ccc(C(=O)Nc4cccc(OCCCCCCCC)c4)cc3)cc2)cc1. The van der Waals surface area contributed by atoms with Gasteiger partial charge in [-0.1, -0.05) is 84.1 Å². The maximum atomic E-state index is 12.9. The Bertz CT molecular complexity index is 1630. The fourth-order valence-corrected chi connectivity index (χ4v) is 5.36. The normalized spacial score (nSPS) is 10.7. The van der Waals surface area contributed by atoms with Gasteiger partial charge in [0.05, 0.1) is 24.3 Å². The highest BCUT2D eigenvalue weighted by Gasteiger charge is 2.13. The molecule has 8 nitrogen and oxygen atoms in total. The van der Waals surface area contributed by atoms with Crippen LogP contribution in [0.1, 0.15) is 122 Å². The highest BCUT2D eigenvalue weighted by Crippen LogP contribution is 2.22. The summed E-state index contributed by atoms with van der Waals surface area (Å²) in [5.74, 6) is 0.622. The lowest BCUT2D eigenvalue weighted by Crippen LogP contribution is -2.12. The zero-order valence-corrected chi connectivity index (χ0v) is 30.0. The van der Waals surface area contributed by atoms with E-state index in [1.807, 2.05) is 24.3 Å². The lowest BCUT2D eigenvalue weighted by Gasteiger charge is -2.10. The molecule has 0 aliphatic carbocycles. The minimum atomic E-state index is -0.584. The first-order valence-corrected chi connectivity index (χ1v) is 18.4. The van der Waals surface area contributed by atoms with Gasteiger partial charge < -0.3 is 24.3 Å². The van der Waals surface area contributed by atoms with Crippen molar-refractivity contribution in [2.75, 3.05) is 18.5 Å². The summed E-state index contributed by atoms with van der Waals surface area (Å²) in [6, 6.07) is 26.6. The van der Waals surface area contributed by atoms with Gasteiger partial charge in [0.1, 0.15) is 23.0 Å². The third kappa shape index (κ3) is 14.0. The second kappa shape index (κ2) is 21.9. The molecule has 0 radical (unpaired) electrons. The molecule has 0 aliphatic rings. The molecule has 270 valence electrons. The summed E-state index contributed by atoms with van der Waals surface area (Å²) in [6.45, 7) is 5.71. The van der Waals surface area contributed by atoms with E-state index in [9.17, 15) is 14.4 Å². The molecule has 0 aliphatic heterocycles. The van der Waals surface area contributed by atoms with Crippen LogP contribution < -0.4 is 24.3 Å². The van der Waals surface area contributed by atoms with E-state index in [0.717, 1.165) is 25.7 Å². The number of nitrogens with one attached hydrogen (secondary N) is 1. The van der Waals surface area contributed by atoms with Crippen LogP contribution in [0.3, 0.4) is 0 Å². The third-order valence-electron chi connectivity index (χ3n) is 8.34. The first-order valence-electron chi connectivity index (χ1n) is 18.4. The van der Waals surface area contributed by atoms with Crippen molar-refractivity contribution in [1.82, 2.24) is 0 Å². The van der Waals surface area contributed by atoms with Gasteiger partial charge in [0.25, 0.3) is 5.91 Å². The largest absolute Gasteiger partial charge is 0.494 e. The Hall–Kier alpha value is -5.11. The molecule has 0 saturated heterocycles. The van der Waals surface area contributed by atoms with E-state index < -0.39 is 11.9 Å². The average molecular weight is 694 g/mol. The van der Waals surface area contributed by atoms with Crippen molar-refractivity contribution in [2.24, 2.45) is 0 Å². The predicted octanol–water partition coefficient (Wildman–Crippen LogP) is 10.9. The highest BCUT2D eigenvalue weighted by atomic mass is 16.5. The van der Waals surface area contributed by atoms with Gasteiger partial charge in [-0.2, -0.15) is 0 Å². The molecule has 8 heteroatoms. The molecule has 4 rings (SSSR count).